The highest BCUT2D eigenvalue weighted by Crippen LogP contribution is 2.41. The van der Waals surface area contributed by atoms with E-state index in [-0.39, 0.29) is 17.3 Å². The van der Waals surface area contributed by atoms with Gasteiger partial charge in [0.2, 0.25) is 0 Å². The third-order valence-electron chi connectivity index (χ3n) is 3.26. The van der Waals surface area contributed by atoms with Gasteiger partial charge in [0.25, 0.3) is 5.72 Å². The van der Waals surface area contributed by atoms with Gasteiger partial charge in [-0.3, -0.25) is 0 Å². The number of halogens is 3. The molecule has 1 aliphatic rings. The number of rotatable bonds is 2. The van der Waals surface area contributed by atoms with Crippen molar-refractivity contribution in [1.82, 2.24) is 5.01 Å². The zero-order valence-electron chi connectivity index (χ0n) is 12.0. The molecule has 0 aromatic heterocycles. The Morgan fingerprint density at radius 2 is 2.00 bits per heavy atom. The lowest BCUT2D eigenvalue weighted by Crippen LogP contribution is -2.56. The largest absolute Gasteiger partial charge is 0.448 e. The number of alkyl halides is 3. The molecule has 1 atom stereocenters. The number of hydrogen-bond donors (Lipinski definition) is 1. The molecular weight excluding hydrogens is 301 g/mol. The predicted octanol–water partition coefficient (Wildman–Crippen LogP) is 2.81. The minimum absolute atomic E-state index is 0.0344. The molecule has 120 valence electrons. The van der Waals surface area contributed by atoms with Gasteiger partial charge in [0.15, 0.2) is 0 Å². The fourth-order valence-electron chi connectivity index (χ4n) is 2.05. The summed E-state index contributed by atoms with van der Waals surface area (Å²) in [6.45, 7) is 3.15. The van der Waals surface area contributed by atoms with Crippen molar-refractivity contribution >= 4 is 11.8 Å². The van der Waals surface area contributed by atoms with Gasteiger partial charge in [-0.25, -0.2) is 4.79 Å². The number of aryl methyl sites for hydroxylation is 1. The van der Waals surface area contributed by atoms with Crippen molar-refractivity contribution in [3.05, 3.63) is 35.4 Å². The molecule has 1 aromatic carbocycles. The summed E-state index contributed by atoms with van der Waals surface area (Å²) in [6.07, 6.45) is -7.25. The van der Waals surface area contributed by atoms with Crippen LogP contribution in [-0.2, 0) is 4.74 Å². The second-order valence-corrected chi connectivity index (χ2v) is 4.91. The normalized spacial score (nSPS) is 21.7. The molecule has 5 nitrogen and oxygen atoms in total. The highest BCUT2D eigenvalue weighted by molar-refractivity contribution is 6.03. The van der Waals surface area contributed by atoms with Gasteiger partial charge in [-0.15, -0.1) is 0 Å². The van der Waals surface area contributed by atoms with Crippen molar-refractivity contribution < 1.29 is 27.8 Å². The van der Waals surface area contributed by atoms with Gasteiger partial charge in [0.1, 0.15) is 0 Å². The van der Waals surface area contributed by atoms with Crippen LogP contribution in [0.25, 0.3) is 0 Å². The Bertz CT molecular complexity index is 598. The van der Waals surface area contributed by atoms with Crippen molar-refractivity contribution in [1.29, 1.82) is 0 Å². The zero-order valence-corrected chi connectivity index (χ0v) is 12.0. The van der Waals surface area contributed by atoms with Gasteiger partial charge in [0.05, 0.1) is 18.7 Å². The second-order valence-electron chi connectivity index (χ2n) is 4.91. The molecule has 8 heteroatoms. The Hall–Kier alpha value is -2.09. The van der Waals surface area contributed by atoms with Crippen LogP contribution < -0.4 is 0 Å². The molecule has 2 rings (SSSR count). The Kier molecular flexibility index (Phi) is 4.15. The van der Waals surface area contributed by atoms with Crippen molar-refractivity contribution in [3.8, 4) is 0 Å². The van der Waals surface area contributed by atoms with E-state index < -0.39 is 24.4 Å². The fourth-order valence-corrected chi connectivity index (χ4v) is 2.05. The Morgan fingerprint density at radius 3 is 2.50 bits per heavy atom. The molecule has 0 unspecified atom stereocenters. The summed E-state index contributed by atoms with van der Waals surface area (Å²) in [7, 11) is 0. The van der Waals surface area contributed by atoms with Crippen molar-refractivity contribution in [2.75, 3.05) is 6.61 Å². The summed E-state index contributed by atoms with van der Waals surface area (Å²) in [5.41, 5.74) is -2.11. The minimum Gasteiger partial charge on any atom is -0.448 e. The monoisotopic (exact) mass is 316 g/mol. The maximum atomic E-state index is 13.2. The standard InChI is InChI=1S/C14H15F3N2O3/c1-3-22-12(20)19-13(21,14(15,16)17)8-11(18-19)10-6-4-9(2)5-7-10/h4-7,21H,3,8H2,1-2H3/t13-/m1/s1. The Balaban J connectivity index is 2.40. The van der Waals surface area contributed by atoms with E-state index >= 15 is 0 Å². The van der Waals surface area contributed by atoms with E-state index in [4.69, 9.17) is 0 Å². The number of aliphatic hydroxyl groups is 1. The van der Waals surface area contributed by atoms with Crippen molar-refractivity contribution in [2.45, 2.75) is 32.2 Å². The van der Waals surface area contributed by atoms with Gasteiger partial charge < -0.3 is 9.84 Å². The molecule has 0 saturated carbocycles. The first kappa shape index (κ1) is 16.3. The summed E-state index contributed by atoms with van der Waals surface area (Å²) in [6, 6.07) is 6.58. The van der Waals surface area contributed by atoms with Crippen LogP contribution in [0, 0.1) is 6.92 Å². The van der Waals surface area contributed by atoms with E-state index in [2.05, 4.69) is 9.84 Å². The lowest BCUT2D eigenvalue weighted by atomic mass is 10.0. The predicted molar refractivity (Wildman–Crippen MR) is 72.2 cm³/mol. The SMILES string of the molecule is CCOC(=O)N1N=C(c2ccc(C)cc2)C[C@@]1(O)C(F)(F)F. The Labute approximate surface area is 125 Å². The first-order chi connectivity index (χ1) is 10.2. The van der Waals surface area contributed by atoms with Gasteiger partial charge in [-0.05, 0) is 19.4 Å². The fraction of sp³-hybridized carbons (Fsp3) is 0.429. The van der Waals surface area contributed by atoms with Crippen LogP contribution in [0.3, 0.4) is 0 Å². The molecule has 0 bridgehead atoms. The maximum absolute atomic E-state index is 13.2. The van der Waals surface area contributed by atoms with E-state index in [1.165, 1.54) is 6.92 Å². The number of hydrogen-bond acceptors (Lipinski definition) is 4. The molecular formula is C14H15F3N2O3. The zero-order chi connectivity index (χ0) is 16.5. The number of benzene rings is 1. The summed E-state index contributed by atoms with van der Waals surface area (Å²) in [4.78, 5) is 11.7. The van der Waals surface area contributed by atoms with Crippen LogP contribution in [0.15, 0.2) is 29.4 Å². The quantitative estimate of drug-likeness (QED) is 0.912. The molecule has 0 spiro atoms. The van der Waals surface area contributed by atoms with Crippen LogP contribution in [-0.4, -0.2) is 40.4 Å². The highest BCUT2D eigenvalue weighted by atomic mass is 19.4. The molecule has 22 heavy (non-hydrogen) atoms. The average molecular weight is 316 g/mol. The smallest absolute Gasteiger partial charge is 0.439 e. The van der Waals surface area contributed by atoms with E-state index in [0.29, 0.717) is 5.56 Å². The van der Waals surface area contributed by atoms with E-state index in [1.807, 2.05) is 6.92 Å². The molecule has 1 aliphatic heterocycles. The third kappa shape index (κ3) is 2.78. The van der Waals surface area contributed by atoms with Crippen LogP contribution >= 0.6 is 0 Å². The van der Waals surface area contributed by atoms with Crippen molar-refractivity contribution in [2.24, 2.45) is 5.10 Å². The van der Waals surface area contributed by atoms with Gasteiger partial charge >= 0.3 is 12.3 Å². The van der Waals surface area contributed by atoms with Gasteiger partial charge in [-0.1, -0.05) is 29.8 Å². The van der Waals surface area contributed by atoms with Crippen LogP contribution in [0.4, 0.5) is 18.0 Å². The minimum atomic E-state index is -5.06. The van der Waals surface area contributed by atoms with Crippen LogP contribution in [0.2, 0.25) is 0 Å². The first-order valence-electron chi connectivity index (χ1n) is 6.59. The summed E-state index contributed by atoms with van der Waals surface area (Å²) in [5.74, 6) is 0. The van der Waals surface area contributed by atoms with Crippen molar-refractivity contribution in [3.63, 3.8) is 0 Å². The maximum Gasteiger partial charge on any atom is 0.439 e. The number of hydrazone groups is 1. The number of ether oxygens (including phenoxy) is 1. The van der Waals surface area contributed by atoms with Crippen LogP contribution in [0.1, 0.15) is 24.5 Å². The summed E-state index contributed by atoms with van der Waals surface area (Å²) >= 11 is 0. The second kappa shape index (κ2) is 5.60. The number of nitrogens with zero attached hydrogens (tertiary/aromatic N) is 2. The average Bonchev–Trinajstić information content (AvgIpc) is 2.79. The Morgan fingerprint density at radius 1 is 1.41 bits per heavy atom. The molecule has 0 fully saturated rings. The van der Waals surface area contributed by atoms with Crippen LogP contribution in [0.5, 0.6) is 0 Å². The molecule has 0 saturated heterocycles. The van der Waals surface area contributed by atoms with E-state index in [9.17, 15) is 23.1 Å². The number of amides is 1. The first-order valence-corrected chi connectivity index (χ1v) is 6.59. The van der Waals surface area contributed by atoms with Gasteiger partial charge in [0, 0.05) is 0 Å². The summed E-state index contributed by atoms with van der Waals surface area (Å²) in [5, 5.41) is 13.6. The molecule has 1 heterocycles. The number of carbonyl (C=O) groups is 1. The third-order valence-corrected chi connectivity index (χ3v) is 3.26. The van der Waals surface area contributed by atoms with Gasteiger partial charge in [-0.2, -0.15) is 23.3 Å². The van der Waals surface area contributed by atoms with E-state index in [0.717, 1.165) is 5.56 Å². The highest BCUT2D eigenvalue weighted by Gasteiger charge is 2.64. The molecule has 1 N–H and O–H groups in total. The lowest BCUT2D eigenvalue weighted by molar-refractivity contribution is -0.299. The van der Waals surface area contributed by atoms with E-state index in [1.54, 1.807) is 24.3 Å². The lowest BCUT2D eigenvalue weighted by Gasteiger charge is -2.31. The molecule has 0 aliphatic carbocycles. The molecule has 1 amide bonds. The summed E-state index contributed by atoms with van der Waals surface area (Å²) < 4.78 is 44.1. The number of carbonyl (C=O) groups excluding carboxylic acids is 1. The molecule has 1 aromatic rings. The topological polar surface area (TPSA) is 62.1 Å². The molecule has 0 radical (unpaired) electrons.